The molecule has 19 heavy (non-hydrogen) atoms. The summed E-state index contributed by atoms with van der Waals surface area (Å²) in [5.74, 6) is -1.04. The molecule has 1 aromatic rings. The van der Waals surface area contributed by atoms with E-state index in [1.54, 1.807) is 0 Å². The molecule has 0 N–H and O–H groups in total. The van der Waals surface area contributed by atoms with Crippen LogP contribution in [-0.2, 0) is 0 Å². The number of ketones is 2. The third-order valence-corrected chi connectivity index (χ3v) is 3.95. The lowest BCUT2D eigenvalue weighted by Crippen LogP contribution is -2.37. The number of hydrogen-bond donors (Lipinski definition) is 0. The van der Waals surface area contributed by atoms with Crippen LogP contribution in [0.1, 0.15) is 32.3 Å². The largest absolute Gasteiger partial charge is 0.995 e. The quantitative estimate of drug-likeness (QED) is 0.419. The minimum Gasteiger partial charge on any atom is -0.566 e. The molecule has 0 spiro atoms. The highest BCUT2D eigenvalue weighted by Crippen LogP contribution is 2.49. The zero-order valence-corrected chi connectivity index (χ0v) is 10.5. The molecule has 2 aliphatic rings. The number of carbonyl (C=O) groups excluding carboxylic acids is 2. The lowest BCUT2D eigenvalue weighted by atomic mass is 10.1. The summed E-state index contributed by atoms with van der Waals surface area (Å²) in [6, 6.07) is 0. The van der Waals surface area contributed by atoms with Gasteiger partial charge in [-0.25, -0.2) is 0 Å². The second-order valence-corrected chi connectivity index (χ2v) is 5.09. The van der Waals surface area contributed by atoms with Crippen molar-refractivity contribution in [1.29, 1.82) is 0 Å². The molecule has 0 amide bonds. The van der Waals surface area contributed by atoms with Gasteiger partial charge in [0.05, 0.1) is 0 Å². The smallest absolute Gasteiger partial charge is 0.566 e. The Morgan fingerprint density at radius 1 is 0.842 bits per heavy atom. The summed E-state index contributed by atoms with van der Waals surface area (Å²) in [7, 11) is -9.16. The zero-order valence-electron chi connectivity index (χ0n) is 9.71. The van der Waals surface area contributed by atoms with Gasteiger partial charge in [0.1, 0.15) is 11.5 Å². The molecule has 0 atom stereocenters. The van der Waals surface area contributed by atoms with E-state index in [9.17, 15) is 17.3 Å². The van der Waals surface area contributed by atoms with E-state index in [2.05, 4.69) is 18.0 Å². The van der Waals surface area contributed by atoms with Gasteiger partial charge in [0.2, 0.25) is 0 Å². The predicted molar refractivity (Wildman–Crippen MR) is 61.5 cm³/mol. The van der Waals surface area contributed by atoms with Gasteiger partial charge in [0, 0.05) is 13.8 Å². The molecule has 11 heteroatoms. The van der Waals surface area contributed by atoms with Crippen molar-refractivity contribution < 1.29 is 35.3 Å². The minimum absolute atomic E-state index is 0.0992. The molecule has 0 fully saturated rings. The van der Waals surface area contributed by atoms with Crippen molar-refractivity contribution in [1.82, 2.24) is 0 Å². The third-order valence-electron chi connectivity index (χ3n) is 2.60. The first-order valence-electron chi connectivity index (χ1n) is 5.29. The summed E-state index contributed by atoms with van der Waals surface area (Å²) in [6.07, 6.45) is 0. The molecule has 0 aromatic carbocycles. The topological polar surface area (TPSA) is 41.1 Å². The van der Waals surface area contributed by atoms with Gasteiger partial charge in [-0.3, -0.25) is 0 Å². The van der Waals surface area contributed by atoms with E-state index in [0.717, 1.165) is 11.3 Å². The SMILES string of the molecule is CC1=[O+][B-](F)(F)Oc2c1sc1c2O[B-](F)(F)[O+]=C1C. The highest BCUT2D eigenvalue weighted by molar-refractivity contribution is 7.17. The maximum absolute atomic E-state index is 13.2. The van der Waals surface area contributed by atoms with Crippen LogP contribution in [0.2, 0.25) is 0 Å². The minimum atomic E-state index is -4.58. The van der Waals surface area contributed by atoms with Crippen LogP contribution in [0.4, 0.5) is 17.3 Å². The molecule has 4 nitrogen and oxygen atoms in total. The first-order valence-corrected chi connectivity index (χ1v) is 6.11. The molecule has 2 aliphatic heterocycles. The average Bonchev–Trinajstić information content (AvgIpc) is 2.54. The second-order valence-electron chi connectivity index (χ2n) is 4.07. The Balaban J connectivity index is 2.20. The second kappa shape index (κ2) is 3.53. The van der Waals surface area contributed by atoms with Crippen LogP contribution >= 0.6 is 11.3 Å². The summed E-state index contributed by atoms with van der Waals surface area (Å²) in [6.45, 7) is 2.61. The van der Waals surface area contributed by atoms with Gasteiger partial charge >= 0.3 is 14.2 Å². The standard InChI is InChI=1S/C8H6B2F4O4S/c1-3-7-5(17-9(11,12)15-3)6-8(19-7)4(2)16-10(13,14)18-6/h1-2H3. The van der Waals surface area contributed by atoms with E-state index >= 15 is 0 Å². The van der Waals surface area contributed by atoms with Gasteiger partial charge in [-0.15, -0.1) is 11.3 Å². The molecule has 102 valence electrons. The Bertz CT molecular complexity index is 586. The fourth-order valence-corrected chi connectivity index (χ4v) is 2.97. The van der Waals surface area contributed by atoms with Gasteiger partial charge in [0.15, 0.2) is 9.75 Å². The Hall–Kier alpha value is -1.51. The molecule has 0 saturated heterocycles. The van der Waals surface area contributed by atoms with E-state index in [-0.39, 0.29) is 21.3 Å². The molecule has 0 saturated carbocycles. The third kappa shape index (κ3) is 1.92. The van der Waals surface area contributed by atoms with Crippen LogP contribution in [0, 0.1) is 0 Å². The Labute approximate surface area is 108 Å². The molecule has 3 rings (SSSR count). The van der Waals surface area contributed by atoms with Crippen LogP contribution in [0.5, 0.6) is 11.5 Å². The van der Waals surface area contributed by atoms with Crippen molar-refractivity contribution >= 4 is 37.1 Å². The van der Waals surface area contributed by atoms with E-state index < -0.39 is 25.7 Å². The number of thiophene rings is 1. The summed E-state index contributed by atoms with van der Waals surface area (Å²) in [4.78, 5) is 0.378. The maximum atomic E-state index is 13.2. The van der Waals surface area contributed by atoms with Crippen molar-refractivity contribution in [2.45, 2.75) is 13.8 Å². The fraction of sp³-hybridized carbons (Fsp3) is 0.250. The lowest BCUT2D eigenvalue weighted by molar-refractivity contribution is -0.186. The van der Waals surface area contributed by atoms with Crippen LogP contribution in [0.15, 0.2) is 0 Å². The number of hydrogen-bond acceptors (Lipinski definition) is 3. The van der Waals surface area contributed by atoms with Gasteiger partial charge in [-0.2, -0.15) is 0 Å². The number of halogens is 4. The highest BCUT2D eigenvalue weighted by atomic mass is 32.1. The van der Waals surface area contributed by atoms with Crippen molar-refractivity contribution in [3.63, 3.8) is 0 Å². The molecular formula is C8H6B2F4O4S. The maximum Gasteiger partial charge on any atom is 0.995 e. The lowest BCUT2D eigenvalue weighted by Gasteiger charge is -2.22. The summed E-state index contributed by atoms with van der Waals surface area (Å²) < 4.78 is 70.1. The zero-order chi connectivity index (χ0) is 14.0. The molecule has 0 aliphatic carbocycles. The monoisotopic (exact) mass is 296 g/mol. The van der Waals surface area contributed by atoms with Crippen molar-refractivity contribution in [2.75, 3.05) is 0 Å². The molecule has 1 aromatic heterocycles. The van der Waals surface area contributed by atoms with Gasteiger partial charge in [0.25, 0.3) is 11.6 Å². The van der Waals surface area contributed by atoms with Crippen LogP contribution in [0.25, 0.3) is 0 Å². The van der Waals surface area contributed by atoms with Crippen LogP contribution in [-0.4, -0.2) is 25.8 Å². The van der Waals surface area contributed by atoms with E-state index in [1.807, 2.05) is 0 Å². The van der Waals surface area contributed by atoms with E-state index in [4.69, 9.17) is 0 Å². The van der Waals surface area contributed by atoms with Gasteiger partial charge in [-0.1, -0.05) is 0 Å². The number of fused-ring (bicyclic) bond motifs is 3. The predicted octanol–water partition coefficient (Wildman–Crippen LogP) is 2.76. The Kier molecular flexibility index (Phi) is 2.32. The molecule has 0 unspecified atom stereocenters. The van der Waals surface area contributed by atoms with E-state index in [0.29, 0.717) is 0 Å². The first-order chi connectivity index (χ1) is 8.69. The highest BCUT2D eigenvalue weighted by Gasteiger charge is 2.59. The van der Waals surface area contributed by atoms with Crippen molar-refractivity contribution in [3.8, 4) is 11.5 Å². The van der Waals surface area contributed by atoms with Crippen LogP contribution in [0.3, 0.4) is 0 Å². The first kappa shape index (κ1) is 12.5. The molecule has 0 radical (unpaired) electrons. The average molecular weight is 296 g/mol. The van der Waals surface area contributed by atoms with E-state index in [1.165, 1.54) is 13.8 Å². The Morgan fingerprint density at radius 2 is 1.21 bits per heavy atom. The van der Waals surface area contributed by atoms with Crippen LogP contribution < -0.4 is 9.31 Å². The molecular weight excluding hydrogens is 290 g/mol. The van der Waals surface area contributed by atoms with Gasteiger partial charge < -0.3 is 35.3 Å². The summed E-state index contributed by atoms with van der Waals surface area (Å²) in [5, 5.41) is 0. The number of rotatable bonds is 0. The normalized spacial score (nSPS) is 22.4. The summed E-state index contributed by atoms with van der Waals surface area (Å²) in [5.41, 5.74) is 0. The summed E-state index contributed by atoms with van der Waals surface area (Å²) >= 11 is 0.935. The van der Waals surface area contributed by atoms with Gasteiger partial charge in [-0.05, 0) is 0 Å². The fourth-order valence-electron chi connectivity index (χ4n) is 1.92. The van der Waals surface area contributed by atoms with Crippen molar-refractivity contribution in [2.24, 2.45) is 0 Å². The molecule has 3 heterocycles. The van der Waals surface area contributed by atoms with Crippen molar-refractivity contribution in [3.05, 3.63) is 9.75 Å². The Morgan fingerprint density at radius 3 is 1.58 bits per heavy atom. The molecule has 0 bridgehead atoms.